The molecule has 19 heavy (non-hydrogen) atoms. The van der Waals surface area contributed by atoms with Gasteiger partial charge in [-0.25, -0.2) is 0 Å². The zero-order chi connectivity index (χ0) is 13.7. The van der Waals surface area contributed by atoms with Crippen LogP contribution < -0.4 is 0 Å². The van der Waals surface area contributed by atoms with E-state index >= 15 is 0 Å². The van der Waals surface area contributed by atoms with Crippen molar-refractivity contribution in [2.24, 2.45) is 5.92 Å². The molecule has 1 aromatic rings. The molecule has 2 heteroatoms. The fraction of sp³-hybridized carbons (Fsp3) is 0.647. The van der Waals surface area contributed by atoms with Crippen LogP contribution in [-0.4, -0.2) is 5.11 Å². The Kier molecular flexibility index (Phi) is 5.41. The van der Waals surface area contributed by atoms with Gasteiger partial charge in [-0.2, -0.15) is 0 Å². The van der Waals surface area contributed by atoms with Crippen LogP contribution in [-0.2, 0) is 18.0 Å². The third-order valence-electron chi connectivity index (χ3n) is 4.23. The van der Waals surface area contributed by atoms with Crippen molar-refractivity contribution in [3.63, 3.8) is 0 Å². The molecular weight excluding hydrogens is 236 g/mol. The van der Waals surface area contributed by atoms with Crippen LogP contribution in [0.4, 0.5) is 0 Å². The van der Waals surface area contributed by atoms with Gasteiger partial charge in [0.1, 0.15) is 0 Å². The summed E-state index contributed by atoms with van der Waals surface area (Å²) in [6.45, 7) is 5.87. The van der Waals surface area contributed by atoms with Gasteiger partial charge in [-0.1, -0.05) is 57.7 Å². The predicted octanol–water partition coefficient (Wildman–Crippen LogP) is 4.36. The molecule has 0 aromatic heterocycles. The smallest absolute Gasteiger partial charge is 0.0792 e. The molecule has 2 unspecified atom stereocenters. The zero-order valence-electron chi connectivity index (χ0n) is 12.2. The zero-order valence-corrected chi connectivity index (χ0v) is 12.2. The highest BCUT2D eigenvalue weighted by molar-refractivity contribution is 5.34. The topological polar surface area (TPSA) is 29.5 Å². The summed E-state index contributed by atoms with van der Waals surface area (Å²) >= 11 is 0. The molecule has 1 aromatic carbocycles. The van der Waals surface area contributed by atoms with Crippen LogP contribution in [0.3, 0.4) is 0 Å². The van der Waals surface area contributed by atoms with Gasteiger partial charge in [0.05, 0.1) is 19.3 Å². The second-order valence-electron chi connectivity index (χ2n) is 5.69. The van der Waals surface area contributed by atoms with Crippen LogP contribution in [0, 0.1) is 5.92 Å². The normalized spacial score (nSPS) is 17.2. The van der Waals surface area contributed by atoms with E-state index in [2.05, 4.69) is 32.0 Å². The fourth-order valence-corrected chi connectivity index (χ4v) is 2.83. The minimum Gasteiger partial charge on any atom is -0.388 e. The van der Waals surface area contributed by atoms with Gasteiger partial charge in [0.2, 0.25) is 0 Å². The first kappa shape index (κ1) is 14.5. The largest absolute Gasteiger partial charge is 0.388 e. The minimum atomic E-state index is -0.326. The number of fused-ring (bicyclic) bond motifs is 1. The number of aliphatic hydroxyl groups excluding tert-OH is 1. The average Bonchev–Trinajstić information content (AvgIpc) is 2.90. The van der Waals surface area contributed by atoms with Crippen LogP contribution >= 0.6 is 0 Å². The molecule has 0 amide bonds. The first-order valence-corrected chi connectivity index (χ1v) is 7.62. The molecule has 0 saturated carbocycles. The van der Waals surface area contributed by atoms with Crippen LogP contribution in [0.2, 0.25) is 0 Å². The second-order valence-corrected chi connectivity index (χ2v) is 5.69. The van der Waals surface area contributed by atoms with Crippen LogP contribution in [0.15, 0.2) is 18.2 Å². The summed E-state index contributed by atoms with van der Waals surface area (Å²) in [4.78, 5) is 0. The third-order valence-corrected chi connectivity index (χ3v) is 4.23. The van der Waals surface area contributed by atoms with Gasteiger partial charge in [-0.3, -0.25) is 0 Å². The van der Waals surface area contributed by atoms with Gasteiger partial charge in [-0.15, -0.1) is 0 Å². The van der Waals surface area contributed by atoms with Gasteiger partial charge in [-0.05, 0) is 29.0 Å². The minimum absolute atomic E-state index is 0.326. The van der Waals surface area contributed by atoms with Crippen molar-refractivity contribution in [3.05, 3.63) is 34.9 Å². The van der Waals surface area contributed by atoms with Gasteiger partial charge in [0.15, 0.2) is 0 Å². The summed E-state index contributed by atoms with van der Waals surface area (Å²) in [7, 11) is 0. The number of aliphatic hydroxyl groups is 1. The van der Waals surface area contributed by atoms with Crippen molar-refractivity contribution >= 4 is 0 Å². The fourth-order valence-electron chi connectivity index (χ4n) is 2.83. The van der Waals surface area contributed by atoms with Crippen LogP contribution in [0.25, 0.3) is 0 Å². The number of benzene rings is 1. The Bertz CT molecular complexity index is 400. The molecule has 1 aliphatic heterocycles. The van der Waals surface area contributed by atoms with E-state index in [1.165, 1.54) is 30.4 Å². The molecule has 2 rings (SSSR count). The number of hydrogen-bond acceptors (Lipinski definition) is 2. The van der Waals surface area contributed by atoms with Crippen molar-refractivity contribution in [2.45, 2.75) is 65.3 Å². The monoisotopic (exact) mass is 262 g/mol. The van der Waals surface area contributed by atoms with Crippen LogP contribution in [0.1, 0.15) is 68.7 Å². The molecule has 1 aliphatic rings. The molecular formula is C17H26O2. The Labute approximate surface area is 116 Å². The quantitative estimate of drug-likeness (QED) is 0.791. The Morgan fingerprint density at radius 3 is 2.74 bits per heavy atom. The first-order valence-electron chi connectivity index (χ1n) is 7.62. The standard InChI is InChI=1S/C17H26O2/c1-3-5-6-13(4-2)9-17(18)14-7-8-15-11-19-12-16(15)10-14/h7-8,10,13,17-18H,3-6,9,11-12H2,1-2H3. The van der Waals surface area contributed by atoms with Gasteiger partial charge in [0.25, 0.3) is 0 Å². The number of rotatable bonds is 7. The van der Waals surface area contributed by atoms with Crippen molar-refractivity contribution in [1.82, 2.24) is 0 Å². The summed E-state index contributed by atoms with van der Waals surface area (Å²) < 4.78 is 5.42. The van der Waals surface area contributed by atoms with Crippen molar-refractivity contribution < 1.29 is 9.84 Å². The average molecular weight is 262 g/mol. The predicted molar refractivity (Wildman–Crippen MR) is 77.8 cm³/mol. The number of ether oxygens (including phenoxy) is 1. The second kappa shape index (κ2) is 7.06. The SMILES string of the molecule is CCCCC(CC)CC(O)c1ccc2c(c1)COC2. The Balaban J connectivity index is 1.96. The molecule has 0 fully saturated rings. The van der Waals surface area contributed by atoms with E-state index in [-0.39, 0.29) is 6.10 Å². The van der Waals surface area contributed by atoms with Crippen molar-refractivity contribution in [2.75, 3.05) is 0 Å². The molecule has 0 spiro atoms. The van der Waals surface area contributed by atoms with Gasteiger partial charge >= 0.3 is 0 Å². The third kappa shape index (κ3) is 3.80. The highest BCUT2D eigenvalue weighted by atomic mass is 16.5. The van der Waals surface area contributed by atoms with Crippen molar-refractivity contribution in [1.29, 1.82) is 0 Å². The Hall–Kier alpha value is -0.860. The summed E-state index contributed by atoms with van der Waals surface area (Å²) in [6.07, 6.45) is 5.46. The van der Waals surface area contributed by atoms with Gasteiger partial charge in [0, 0.05) is 0 Å². The lowest BCUT2D eigenvalue weighted by Gasteiger charge is -2.19. The van der Waals surface area contributed by atoms with E-state index in [1.54, 1.807) is 0 Å². The van der Waals surface area contributed by atoms with E-state index in [4.69, 9.17) is 4.74 Å². The van der Waals surface area contributed by atoms with Crippen LogP contribution in [0.5, 0.6) is 0 Å². The Morgan fingerprint density at radius 2 is 2.00 bits per heavy atom. The molecule has 0 aliphatic carbocycles. The number of hydrogen-bond donors (Lipinski definition) is 1. The lowest BCUT2D eigenvalue weighted by atomic mass is 9.90. The molecule has 0 bridgehead atoms. The van der Waals surface area contributed by atoms with E-state index in [1.807, 2.05) is 0 Å². The number of unbranched alkanes of at least 4 members (excludes halogenated alkanes) is 1. The molecule has 106 valence electrons. The maximum atomic E-state index is 10.4. The lowest BCUT2D eigenvalue weighted by Crippen LogP contribution is -2.07. The molecule has 0 radical (unpaired) electrons. The highest BCUT2D eigenvalue weighted by Gasteiger charge is 2.17. The molecule has 1 N–H and O–H groups in total. The Morgan fingerprint density at radius 1 is 1.21 bits per heavy atom. The van der Waals surface area contributed by atoms with E-state index in [9.17, 15) is 5.11 Å². The summed E-state index contributed by atoms with van der Waals surface area (Å²) in [5, 5.41) is 10.4. The summed E-state index contributed by atoms with van der Waals surface area (Å²) in [6, 6.07) is 6.29. The van der Waals surface area contributed by atoms with Gasteiger partial charge < -0.3 is 9.84 Å². The molecule has 2 atom stereocenters. The van der Waals surface area contributed by atoms with E-state index in [0.717, 1.165) is 25.0 Å². The maximum Gasteiger partial charge on any atom is 0.0792 e. The summed E-state index contributed by atoms with van der Waals surface area (Å²) in [5.41, 5.74) is 3.58. The summed E-state index contributed by atoms with van der Waals surface area (Å²) in [5.74, 6) is 0.638. The molecule has 2 nitrogen and oxygen atoms in total. The van der Waals surface area contributed by atoms with E-state index < -0.39 is 0 Å². The highest BCUT2D eigenvalue weighted by Crippen LogP contribution is 2.29. The lowest BCUT2D eigenvalue weighted by molar-refractivity contribution is 0.133. The van der Waals surface area contributed by atoms with Crippen molar-refractivity contribution in [3.8, 4) is 0 Å². The van der Waals surface area contributed by atoms with E-state index in [0.29, 0.717) is 12.5 Å². The maximum absolute atomic E-state index is 10.4. The first-order chi connectivity index (χ1) is 9.24. The molecule has 0 saturated heterocycles. The molecule has 1 heterocycles.